The quantitative estimate of drug-likeness (QED) is 0.581. The van der Waals surface area contributed by atoms with E-state index in [1.807, 2.05) is 0 Å². The van der Waals surface area contributed by atoms with Crippen molar-refractivity contribution in [2.45, 2.75) is 6.42 Å². The van der Waals surface area contributed by atoms with E-state index in [9.17, 15) is 9.59 Å². The number of ether oxygens (including phenoxy) is 3. The Labute approximate surface area is 117 Å². The topological polar surface area (TPSA) is 82.1 Å². The zero-order chi connectivity index (χ0) is 15.0. The van der Waals surface area contributed by atoms with Crippen molar-refractivity contribution < 1.29 is 28.9 Å². The van der Waals surface area contributed by atoms with Gasteiger partial charge in [0.2, 0.25) is 0 Å². The molecule has 0 unspecified atom stereocenters. The average Bonchev–Trinajstić information content (AvgIpc) is 2.50. The fraction of sp³-hybridized carbons (Fsp3) is 0.429. The summed E-state index contributed by atoms with van der Waals surface area (Å²) in [5.41, 5.74) is 0.780. The Bertz CT molecular complexity index is 423. The highest BCUT2D eigenvalue weighted by Gasteiger charge is 2.28. The summed E-state index contributed by atoms with van der Waals surface area (Å²) >= 11 is 0. The lowest BCUT2D eigenvalue weighted by molar-refractivity contribution is -0.158. The standard InChI is InChI=1S/C14H18O6/c1-18-13(16)12(14(17)19-2)9-10-3-5-11(6-4-10)20-8-7-15/h3-6,12,15H,7-9H2,1-2H3. The van der Waals surface area contributed by atoms with Crippen molar-refractivity contribution in [3.8, 4) is 5.75 Å². The van der Waals surface area contributed by atoms with Gasteiger partial charge in [0, 0.05) is 0 Å². The average molecular weight is 282 g/mol. The van der Waals surface area contributed by atoms with Crippen LogP contribution in [-0.4, -0.2) is 44.5 Å². The maximum Gasteiger partial charge on any atom is 0.320 e. The van der Waals surface area contributed by atoms with Crippen LogP contribution in [0.5, 0.6) is 5.75 Å². The molecule has 0 aliphatic rings. The summed E-state index contributed by atoms with van der Waals surface area (Å²) in [7, 11) is 2.45. The number of carbonyl (C=O) groups excluding carboxylic acids is 2. The Morgan fingerprint density at radius 3 is 2.10 bits per heavy atom. The Kier molecular flexibility index (Phi) is 6.52. The minimum absolute atomic E-state index is 0.0610. The van der Waals surface area contributed by atoms with E-state index in [1.165, 1.54) is 14.2 Å². The SMILES string of the molecule is COC(=O)C(Cc1ccc(OCCO)cc1)C(=O)OC. The van der Waals surface area contributed by atoms with Crippen LogP contribution in [0.15, 0.2) is 24.3 Å². The van der Waals surface area contributed by atoms with Gasteiger partial charge in [0.05, 0.1) is 20.8 Å². The lowest BCUT2D eigenvalue weighted by Gasteiger charge is -2.12. The monoisotopic (exact) mass is 282 g/mol. The molecule has 6 nitrogen and oxygen atoms in total. The smallest absolute Gasteiger partial charge is 0.320 e. The number of methoxy groups -OCH3 is 2. The number of aliphatic hydroxyl groups excluding tert-OH is 1. The van der Waals surface area contributed by atoms with Gasteiger partial charge >= 0.3 is 11.9 Å². The molecule has 20 heavy (non-hydrogen) atoms. The molecule has 1 aromatic rings. The van der Waals surface area contributed by atoms with E-state index >= 15 is 0 Å². The van der Waals surface area contributed by atoms with E-state index in [2.05, 4.69) is 9.47 Å². The minimum Gasteiger partial charge on any atom is -0.491 e. The van der Waals surface area contributed by atoms with Crippen LogP contribution in [0.4, 0.5) is 0 Å². The van der Waals surface area contributed by atoms with E-state index in [-0.39, 0.29) is 19.6 Å². The van der Waals surface area contributed by atoms with Crippen molar-refractivity contribution in [3.63, 3.8) is 0 Å². The summed E-state index contributed by atoms with van der Waals surface area (Å²) in [5, 5.41) is 8.65. The molecule has 1 aromatic carbocycles. The van der Waals surface area contributed by atoms with Gasteiger partial charge in [-0.3, -0.25) is 9.59 Å². The predicted molar refractivity (Wildman–Crippen MR) is 70.2 cm³/mol. The third-order valence-corrected chi connectivity index (χ3v) is 2.69. The summed E-state index contributed by atoms with van der Waals surface area (Å²) < 4.78 is 14.4. The van der Waals surface area contributed by atoms with Crippen LogP contribution in [0.3, 0.4) is 0 Å². The molecule has 1 N–H and O–H groups in total. The number of hydrogen-bond acceptors (Lipinski definition) is 6. The molecule has 0 fully saturated rings. The van der Waals surface area contributed by atoms with Crippen LogP contribution >= 0.6 is 0 Å². The highest BCUT2D eigenvalue weighted by atomic mass is 16.5. The third kappa shape index (κ3) is 4.55. The van der Waals surface area contributed by atoms with E-state index in [0.717, 1.165) is 5.56 Å². The number of hydrogen-bond donors (Lipinski definition) is 1. The van der Waals surface area contributed by atoms with Gasteiger partial charge in [-0.1, -0.05) is 12.1 Å². The second-order valence-electron chi connectivity index (χ2n) is 4.02. The molecule has 0 amide bonds. The third-order valence-electron chi connectivity index (χ3n) is 2.69. The Morgan fingerprint density at radius 2 is 1.65 bits per heavy atom. The van der Waals surface area contributed by atoms with E-state index in [1.54, 1.807) is 24.3 Å². The molecule has 0 aliphatic heterocycles. The second-order valence-corrected chi connectivity index (χ2v) is 4.02. The van der Waals surface area contributed by atoms with Crippen LogP contribution < -0.4 is 4.74 Å². The van der Waals surface area contributed by atoms with Gasteiger partial charge in [0.25, 0.3) is 0 Å². The molecule has 0 aliphatic carbocycles. The first-order valence-corrected chi connectivity index (χ1v) is 6.10. The normalized spacial score (nSPS) is 10.2. The van der Waals surface area contributed by atoms with Crippen LogP contribution in [0, 0.1) is 5.92 Å². The number of aliphatic hydroxyl groups is 1. The van der Waals surface area contributed by atoms with Crippen LogP contribution in [0.1, 0.15) is 5.56 Å². The van der Waals surface area contributed by atoms with E-state index in [4.69, 9.17) is 9.84 Å². The summed E-state index contributed by atoms with van der Waals surface area (Å²) in [4.78, 5) is 23.1. The zero-order valence-electron chi connectivity index (χ0n) is 11.5. The molecule has 0 heterocycles. The summed E-state index contributed by atoms with van der Waals surface area (Å²) in [5.74, 6) is -1.63. The first kappa shape index (κ1) is 16.0. The molecule has 0 aromatic heterocycles. The molecular weight excluding hydrogens is 264 g/mol. The molecule has 6 heteroatoms. The predicted octanol–water partition coefficient (Wildman–Crippen LogP) is 0.562. The van der Waals surface area contributed by atoms with E-state index in [0.29, 0.717) is 5.75 Å². The molecule has 0 saturated carbocycles. The van der Waals surface area contributed by atoms with Gasteiger partial charge in [-0.2, -0.15) is 0 Å². The Hall–Kier alpha value is -2.08. The second kappa shape index (κ2) is 8.16. The minimum atomic E-state index is -0.978. The molecular formula is C14H18O6. The summed E-state index contributed by atoms with van der Waals surface area (Å²) in [6, 6.07) is 6.89. The van der Waals surface area contributed by atoms with Gasteiger partial charge in [-0.25, -0.2) is 0 Å². The number of esters is 2. The van der Waals surface area contributed by atoms with Crippen molar-refractivity contribution in [2.75, 3.05) is 27.4 Å². The lowest BCUT2D eigenvalue weighted by atomic mass is 9.99. The Morgan fingerprint density at radius 1 is 1.10 bits per heavy atom. The highest BCUT2D eigenvalue weighted by Crippen LogP contribution is 2.16. The van der Waals surface area contributed by atoms with Crippen LogP contribution in [0.2, 0.25) is 0 Å². The molecule has 1 rings (SSSR count). The highest BCUT2D eigenvalue weighted by molar-refractivity contribution is 5.95. The number of rotatable bonds is 7. The molecule has 110 valence electrons. The summed E-state index contributed by atoms with van der Waals surface area (Å²) in [6.45, 7) is 0.154. The van der Waals surface area contributed by atoms with E-state index < -0.39 is 17.9 Å². The zero-order valence-corrected chi connectivity index (χ0v) is 11.5. The van der Waals surface area contributed by atoms with Crippen molar-refractivity contribution in [1.82, 2.24) is 0 Å². The van der Waals surface area contributed by atoms with Crippen molar-refractivity contribution >= 4 is 11.9 Å². The molecule has 0 spiro atoms. The van der Waals surface area contributed by atoms with Gasteiger partial charge in [0.1, 0.15) is 12.4 Å². The maximum absolute atomic E-state index is 11.5. The van der Waals surface area contributed by atoms with Crippen molar-refractivity contribution in [2.24, 2.45) is 5.92 Å². The van der Waals surface area contributed by atoms with Crippen LogP contribution in [-0.2, 0) is 25.5 Å². The van der Waals surface area contributed by atoms with Gasteiger partial charge in [-0.15, -0.1) is 0 Å². The Balaban J connectivity index is 2.73. The fourth-order valence-electron chi connectivity index (χ4n) is 1.67. The first-order valence-electron chi connectivity index (χ1n) is 6.10. The van der Waals surface area contributed by atoms with Crippen molar-refractivity contribution in [3.05, 3.63) is 29.8 Å². The largest absolute Gasteiger partial charge is 0.491 e. The molecule has 0 saturated heterocycles. The van der Waals surface area contributed by atoms with Gasteiger partial charge in [-0.05, 0) is 24.1 Å². The van der Waals surface area contributed by atoms with Crippen LogP contribution in [0.25, 0.3) is 0 Å². The summed E-state index contributed by atoms with van der Waals surface area (Å²) in [6.07, 6.45) is 0.194. The van der Waals surface area contributed by atoms with Crippen molar-refractivity contribution in [1.29, 1.82) is 0 Å². The maximum atomic E-state index is 11.5. The number of benzene rings is 1. The van der Waals surface area contributed by atoms with Gasteiger partial charge < -0.3 is 19.3 Å². The molecule has 0 bridgehead atoms. The first-order chi connectivity index (χ1) is 9.62. The lowest BCUT2D eigenvalue weighted by Crippen LogP contribution is -2.28. The fourth-order valence-corrected chi connectivity index (χ4v) is 1.67. The number of carbonyl (C=O) groups is 2. The van der Waals surface area contributed by atoms with Gasteiger partial charge in [0.15, 0.2) is 5.92 Å². The molecule has 0 radical (unpaired) electrons. The molecule has 0 atom stereocenters.